The van der Waals surface area contributed by atoms with Gasteiger partial charge in [-0.3, -0.25) is 0 Å². The summed E-state index contributed by atoms with van der Waals surface area (Å²) in [6, 6.07) is 0. The molecule has 0 aliphatic heterocycles. The van der Waals surface area contributed by atoms with Crippen molar-refractivity contribution >= 4 is 21.6 Å². The van der Waals surface area contributed by atoms with Crippen LogP contribution in [0.2, 0.25) is 0 Å². The molecule has 0 aromatic rings. The molecule has 148 valence electrons. The van der Waals surface area contributed by atoms with E-state index in [0.717, 1.165) is 19.4 Å². The summed E-state index contributed by atoms with van der Waals surface area (Å²) in [7, 11) is 5.94. The van der Waals surface area contributed by atoms with Gasteiger partial charge in [-0.2, -0.15) is 0 Å². The Kier molecular flexibility index (Phi) is 7.60. The van der Waals surface area contributed by atoms with Gasteiger partial charge in [-0.05, 0) is 79.1 Å². The van der Waals surface area contributed by atoms with Crippen molar-refractivity contribution in [3.05, 3.63) is 0 Å². The highest BCUT2D eigenvalue weighted by Gasteiger charge is 2.49. The third-order valence-electron chi connectivity index (χ3n) is 4.96. The molecule has 2 aliphatic rings. The Balaban J connectivity index is 1.59. The standard InChI is InChI=1S/C19H36O4S2/c1-16(2,20)22-14-6-8-18(10-11-18)24-25-19(12-13-19)9-7-15-23-17(3,4)21-5/h20H,6-15H2,1-5H3. The first-order chi connectivity index (χ1) is 11.6. The molecule has 0 saturated heterocycles. The summed E-state index contributed by atoms with van der Waals surface area (Å²) >= 11 is 0. The van der Waals surface area contributed by atoms with E-state index in [1.807, 2.05) is 13.8 Å². The number of rotatable bonds is 14. The third-order valence-corrected chi connectivity index (χ3v) is 9.35. The summed E-state index contributed by atoms with van der Waals surface area (Å²) < 4.78 is 17.5. The lowest BCUT2D eigenvalue weighted by molar-refractivity contribution is -0.197. The van der Waals surface area contributed by atoms with Crippen LogP contribution in [-0.2, 0) is 14.2 Å². The predicted octanol–water partition coefficient (Wildman–Crippen LogP) is 5.14. The second-order valence-electron chi connectivity index (χ2n) is 8.49. The van der Waals surface area contributed by atoms with Gasteiger partial charge in [-0.15, -0.1) is 0 Å². The van der Waals surface area contributed by atoms with Crippen LogP contribution in [-0.4, -0.2) is 46.5 Å². The highest BCUT2D eigenvalue weighted by Crippen LogP contribution is 2.65. The summed E-state index contributed by atoms with van der Waals surface area (Å²) in [5, 5.41) is 9.60. The molecule has 6 heteroatoms. The molecular weight excluding hydrogens is 356 g/mol. The molecule has 0 aromatic carbocycles. The van der Waals surface area contributed by atoms with Crippen LogP contribution >= 0.6 is 21.6 Å². The molecule has 2 fully saturated rings. The van der Waals surface area contributed by atoms with Crippen molar-refractivity contribution in [1.29, 1.82) is 0 Å². The van der Waals surface area contributed by atoms with Crippen LogP contribution in [0.15, 0.2) is 0 Å². The largest absolute Gasteiger partial charge is 0.366 e. The van der Waals surface area contributed by atoms with Gasteiger partial charge in [-0.1, -0.05) is 21.6 Å². The van der Waals surface area contributed by atoms with Crippen LogP contribution in [0, 0.1) is 0 Å². The Morgan fingerprint density at radius 3 is 1.64 bits per heavy atom. The monoisotopic (exact) mass is 392 g/mol. The maximum atomic E-state index is 9.60. The van der Waals surface area contributed by atoms with E-state index in [4.69, 9.17) is 14.2 Å². The van der Waals surface area contributed by atoms with Gasteiger partial charge < -0.3 is 19.3 Å². The summed E-state index contributed by atoms with van der Waals surface area (Å²) in [6.45, 7) is 8.73. The molecule has 2 saturated carbocycles. The van der Waals surface area contributed by atoms with E-state index in [-0.39, 0.29) is 0 Å². The molecule has 0 bridgehead atoms. The molecule has 0 amide bonds. The zero-order valence-corrected chi connectivity index (χ0v) is 18.2. The molecule has 0 unspecified atom stereocenters. The van der Waals surface area contributed by atoms with Crippen molar-refractivity contribution in [3.63, 3.8) is 0 Å². The minimum Gasteiger partial charge on any atom is -0.366 e. The quantitative estimate of drug-likeness (QED) is 0.251. The lowest BCUT2D eigenvalue weighted by Crippen LogP contribution is -2.27. The number of hydrogen-bond donors (Lipinski definition) is 1. The molecule has 1 N–H and O–H groups in total. The highest BCUT2D eigenvalue weighted by molar-refractivity contribution is 8.77. The number of methoxy groups -OCH3 is 1. The molecule has 0 heterocycles. The van der Waals surface area contributed by atoms with Crippen molar-refractivity contribution < 1.29 is 19.3 Å². The van der Waals surface area contributed by atoms with E-state index in [2.05, 4.69) is 21.6 Å². The first-order valence-electron chi connectivity index (χ1n) is 9.52. The molecule has 2 aliphatic carbocycles. The van der Waals surface area contributed by atoms with Crippen LogP contribution in [0.4, 0.5) is 0 Å². The Hall–Kier alpha value is 0.540. The number of ether oxygens (including phenoxy) is 3. The van der Waals surface area contributed by atoms with Gasteiger partial charge in [0.15, 0.2) is 11.6 Å². The fourth-order valence-electron chi connectivity index (χ4n) is 2.69. The summed E-state index contributed by atoms with van der Waals surface area (Å²) in [6.07, 6.45) is 9.91. The Morgan fingerprint density at radius 1 is 0.840 bits per heavy atom. The van der Waals surface area contributed by atoms with Gasteiger partial charge in [0.25, 0.3) is 0 Å². The molecule has 2 rings (SSSR count). The van der Waals surface area contributed by atoms with Gasteiger partial charge in [-0.25, -0.2) is 0 Å². The van der Waals surface area contributed by atoms with Crippen molar-refractivity contribution in [3.8, 4) is 0 Å². The molecule has 25 heavy (non-hydrogen) atoms. The second-order valence-corrected chi connectivity index (χ2v) is 11.6. The zero-order chi connectivity index (χ0) is 18.6. The lowest BCUT2D eigenvalue weighted by Gasteiger charge is -2.24. The van der Waals surface area contributed by atoms with Gasteiger partial charge in [0.05, 0.1) is 13.2 Å². The van der Waals surface area contributed by atoms with Gasteiger partial charge in [0, 0.05) is 16.6 Å². The predicted molar refractivity (Wildman–Crippen MR) is 107 cm³/mol. The molecule has 0 radical (unpaired) electrons. The Morgan fingerprint density at radius 2 is 1.28 bits per heavy atom. The average Bonchev–Trinajstić information content (AvgIpc) is 3.43. The topological polar surface area (TPSA) is 47.9 Å². The van der Waals surface area contributed by atoms with E-state index in [1.165, 1.54) is 38.5 Å². The SMILES string of the molecule is COC(C)(C)OCCCC1(SSC2(CCCOC(C)(C)O)CC2)CC1. The Bertz CT molecular complexity index is 412. The van der Waals surface area contributed by atoms with Crippen LogP contribution in [0.1, 0.15) is 79.1 Å². The minimum atomic E-state index is -1.00. The lowest BCUT2D eigenvalue weighted by atomic mass is 10.2. The van der Waals surface area contributed by atoms with Crippen molar-refractivity contribution in [1.82, 2.24) is 0 Å². The van der Waals surface area contributed by atoms with Gasteiger partial charge in [0.2, 0.25) is 0 Å². The van der Waals surface area contributed by atoms with Crippen molar-refractivity contribution in [2.45, 2.75) is 100 Å². The molecular formula is C19H36O4S2. The molecule has 0 spiro atoms. The molecule has 4 nitrogen and oxygen atoms in total. The van der Waals surface area contributed by atoms with Crippen molar-refractivity contribution in [2.24, 2.45) is 0 Å². The molecule has 0 aromatic heterocycles. The highest BCUT2D eigenvalue weighted by atomic mass is 33.1. The van der Waals surface area contributed by atoms with Crippen molar-refractivity contribution in [2.75, 3.05) is 20.3 Å². The van der Waals surface area contributed by atoms with Crippen LogP contribution < -0.4 is 0 Å². The van der Waals surface area contributed by atoms with E-state index in [9.17, 15) is 5.11 Å². The average molecular weight is 393 g/mol. The maximum absolute atomic E-state index is 9.60. The van der Waals surface area contributed by atoms with E-state index in [1.54, 1.807) is 21.0 Å². The fourth-order valence-corrected chi connectivity index (χ4v) is 6.60. The molecule has 0 atom stereocenters. The second kappa shape index (κ2) is 8.70. The van der Waals surface area contributed by atoms with Gasteiger partial charge in [0.1, 0.15) is 0 Å². The normalized spacial score (nSPS) is 21.4. The summed E-state index contributed by atoms with van der Waals surface area (Å²) in [4.78, 5) is 0. The first kappa shape index (κ1) is 21.8. The van der Waals surface area contributed by atoms with Gasteiger partial charge >= 0.3 is 0 Å². The van der Waals surface area contributed by atoms with Crippen LogP contribution in [0.3, 0.4) is 0 Å². The third kappa shape index (κ3) is 8.39. The zero-order valence-electron chi connectivity index (χ0n) is 16.6. The van der Waals surface area contributed by atoms with E-state index < -0.39 is 11.6 Å². The van der Waals surface area contributed by atoms with E-state index >= 15 is 0 Å². The Labute approximate surface area is 161 Å². The van der Waals surface area contributed by atoms with Crippen LogP contribution in [0.25, 0.3) is 0 Å². The minimum absolute atomic E-state index is 0.470. The fraction of sp³-hybridized carbons (Fsp3) is 1.00. The number of aliphatic hydroxyl groups is 1. The smallest absolute Gasteiger partial charge is 0.162 e. The van der Waals surface area contributed by atoms with E-state index in [0.29, 0.717) is 16.1 Å². The summed E-state index contributed by atoms with van der Waals surface area (Å²) in [5.74, 6) is -1.47. The van der Waals surface area contributed by atoms with Crippen LogP contribution in [0.5, 0.6) is 0 Å². The number of hydrogen-bond acceptors (Lipinski definition) is 6. The maximum Gasteiger partial charge on any atom is 0.162 e. The first-order valence-corrected chi connectivity index (χ1v) is 11.7. The summed E-state index contributed by atoms with van der Waals surface area (Å²) in [5.41, 5.74) is 0.